The lowest BCUT2D eigenvalue weighted by Gasteiger charge is -2.30. The van der Waals surface area contributed by atoms with Crippen LogP contribution in [0.5, 0.6) is 5.75 Å². The highest BCUT2D eigenvalue weighted by Gasteiger charge is 2.20. The van der Waals surface area contributed by atoms with Gasteiger partial charge in [0, 0.05) is 12.6 Å². The van der Waals surface area contributed by atoms with E-state index in [-0.39, 0.29) is 11.8 Å². The summed E-state index contributed by atoms with van der Waals surface area (Å²) in [7, 11) is -1.57. The highest BCUT2D eigenvalue weighted by atomic mass is 32.2. The van der Waals surface area contributed by atoms with Crippen molar-refractivity contribution in [1.29, 1.82) is 0 Å². The van der Waals surface area contributed by atoms with Gasteiger partial charge in [0.15, 0.2) is 0 Å². The average molecular weight is 343 g/mol. The third-order valence-corrected chi connectivity index (χ3v) is 5.45. The van der Waals surface area contributed by atoms with Gasteiger partial charge in [-0.1, -0.05) is 39.3 Å². The fourth-order valence-corrected chi connectivity index (χ4v) is 3.79. The molecule has 1 N–H and O–H groups in total. The van der Waals surface area contributed by atoms with Crippen LogP contribution in [0, 0.1) is 0 Å². The van der Waals surface area contributed by atoms with E-state index in [1.54, 1.807) is 7.11 Å². The molecule has 0 bridgehead atoms. The van der Waals surface area contributed by atoms with E-state index in [1.807, 2.05) is 31.2 Å². The number of nitrogens with one attached hydrogen (secondary N) is 1. The highest BCUT2D eigenvalue weighted by Crippen LogP contribution is 2.22. The van der Waals surface area contributed by atoms with E-state index in [0.29, 0.717) is 13.0 Å². The molecule has 23 heavy (non-hydrogen) atoms. The molecule has 0 heterocycles. The largest absolute Gasteiger partial charge is 0.497 e. The molecule has 1 atom stereocenters. The van der Waals surface area contributed by atoms with Crippen molar-refractivity contribution in [3.8, 4) is 5.75 Å². The molecule has 0 fully saturated rings. The lowest BCUT2D eigenvalue weighted by atomic mass is 10.1. The van der Waals surface area contributed by atoms with Gasteiger partial charge in [-0.15, -0.1) is 0 Å². The summed E-state index contributed by atoms with van der Waals surface area (Å²) >= 11 is 0. The van der Waals surface area contributed by atoms with Gasteiger partial charge in [0.25, 0.3) is 0 Å². The maximum atomic E-state index is 12.1. The predicted octanol–water partition coefficient (Wildman–Crippen LogP) is 2.80. The summed E-state index contributed by atoms with van der Waals surface area (Å²) in [5.41, 5.74) is 1.09. The molecule has 1 aromatic rings. The van der Waals surface area contributed by atoms with Crippen LogP contribution in [0.2, 0.25) is 0 Å². The van der Waals surface area contributed by atoms with Crippen LogP contribution >= 0.6 is 0 Å². The topological polar surface area (TPSA) is 58.6 Å². The average Bonchev–Trinajstić information content (AvgIpc) is 2.57. The molecule has 0 amide bonds. The molecule has 0 aliphatic carbocycles. The fourth-order valence-electron chi connectivity index (χ4n) is 2.56. The summed E-state index contributed by atoms with van der Waals surface area (Å²) in [6, 6.07) is 7.85. The minimum absolute atomic E-state index is 0.0207. The molecular formula is C17H30N2O3S. The SMILES string of the molecule is CCCCS(=O)(=O)NCC(c1ccc(OC)cc1)N(CC)CC. The monoisotopic (exact) mass is 342 g/mol. The molecule has 1 rings (SSSR count). The van der Waals surface area contributed by atoms with Crippen LogP contribution in [0.15, 0.2) is 24.3 Å². The minimum atomic E-state index is -3.21. The van der Waals surface area contributed by atoms with Crippen molar-refractivity contribution in [3.63, 3.8) is 0 Å². The lowest BCUT2D eigenvalue weighted by Crippen LogP contribution is -2.38. The Morgan fingerprint density at radius 2 is 1.74 bits per heavy atom. The number of methoxy groups -OCH3 is 1. The third-order valence-electron chi connectivity index (χ3n) is 4.02. The Balaban J connectivity index is 2.88. The van der Waals surface area contributed by atoms with Crippen molar-refractivity contribution in [2.75, 3.05) is 32.5 Å². The number of ether oxygens (including phenoxy) is 1. The minimum Gasteiger partial charge on any atom is -0.497 e. The summed E-state index contributed by atoms with van der Waals surface area (Å²) < 4.78 is 32.1. The first-order valence-corrected chi connectivity index (χ1v) is 9.97. The van der Waals surface area contributed by atoms with Gasteiger partial charge in [-0.3, -0.25) is 4.90 Å². The number of hydrogen-bond acceptors (Lipinski definition) is 4. The Labute approximate surface area is 141 Å². The summed E-state index contributed by atoms with van der Waals surface area (Å²) in [5, 5.41) is 0. The molecule has 0 saturated carbocycles. The highest BCUT2D eigenvalue weighted by molar-refractivity contribution is 7.89. The Bertz CT molecular complexity index is 539. The van der Waals surface area contributed by atoms with E-state index in [0.717, 1.165) is 30.8 Å². The number of nitrogens with zero attached hydrogens (tertiary/aromatic N) is 1. The second-order valence-corrected chi connectivity index (χ2v) is 7.46. The summed E-state index contributed by atoms with van der Waals surface area (Å²) in [5.74, 6) is 0.993. The third kappa shape index (κ3) is 6.49. The van der Waals surface area contributed by atoms with Crippen molar-refractivity contribution in [2.24, 2.45) is 0 Å². The molecule has 0 aromatic heterocycles. The van der Waals surface area contributed by atoms with Gasteiger partial charge in [-0.05, 0) is 37.2 Å². The van der Waals surface area contributed by atoms with Crippen LogP contribution in [0.25, 0.3) is 0 Å². The van der Waals surface area contributed by atoms with Crippen LogP contribution in [-0.2, 0) is 10.0 Å². The van der Waals surface area contributed by atoms with Gasteiger partial charge >= 0.3 is 0 Å². The Hall–Kier alpha value is -1.11. The van der Waals surface area contributed by atoms with Gasteiger partial charge in [-0.25, -0.2) is 13.1 Å². The molecule has 1 unspecified atom stereocenters. The zero-order valence-corrected chi connectivity index (χ0v) is 15.5. The molecule has 0 spiro atoms. The van der Waals surface area contributed by atoms with Crippen LogP contribution in [0.1, 0.15) is 45.2 Å². The fraction of sp³-hybridized carbons (Fsp3) is 0.647. The van der Waals surface area contributed by atoms with Gasteiger partial charge in [0.2, 0.25) is 10.0 Å². The second-order valence-electron chi connectivity index (χ2n) is 5.53. The predicted molar refractivity (Wildman–Crippen MR) is 95.4 cm³/mol. The van der Waals surface area contributed by atoms with Crippen molar-refractivity contribution < 1.29 is 13.2 Å². The number of unbranched alkanes of at least 4 members (excludes halogenated alkanes) is 1. The first kappa shape index (κ1) is 19.9. The van der Waals surface area contributed by atoms with Crippen molar-refractivity contribution in [1.82, 2.24) is 9.62 Å². The number of benzene rings is 1. The van der Waals surface area contributed by atoms with Gasteiger partial charge in [0.1, 0.15) is 5.75 Å². The quantitative estimate of drug-likeness (QED) is 0.672. The molecule has 5 nitrogen and oxygen atoms in total. The number of rotatable bonds is 11. The van der Waals surface area contributed by atoms with Gasteiger partial charge < -0.3 is 4.74 Å². The number of sulfonamides is 1. The van der Waals surface area contributed by atoms with Gasteiger partial charge in [-0.2, -0.15) is 0 Å². The zero-order chi connectivity index (χ0) is 17.3. The standard InChI is InChI=1S/C17H30N2O3S/c1-5-8-13-23(20,21)18-14-17(19(6-2)7-3)15-9-11-16(22-4)12-10-15/h9-12,17-18H,5-8,13-14H2,1-4H3. The van der Waals surface area contributed by atoms with Gasteiger partial charge in [0.05, 0.1) is 12.9 Å². The van der Waals surface area contributed by atoms with Crippen molar-refractivity contribution in [2.45, 2.75) is 39.7 Å². The van der Waals surface area contributed by atoms with E-state index in [9.17, 15) is 8.42 Å². The molecule has 1 aromatic carbocycles. The summed E-state index contributed by atoms with van der Waals surface area (Å²) in [4.78, 5) is 2.25. The molecular weight excluding hydrogens is 312 g/mol. The van der Waals surface area contributed by atoms with E-state index in [4.69, 9.17) is 4.74 Å². The Morgan fingerprint density at radius 3 is 2.22 bits per heavy atom. The van der Waals surface area contributed by atoms with Crippen molar-refractivity contribution >= 4 is 10.0 Å². The molecule has 0 radical (unpaired) electrons. The number of likely N-dealkylation sites (N-methyl/N-ethyl adjacent to an activating group) is 1. The first-order valence-electron chi connectivity index (χ1n) is 8.32. The Kier molecular flexibility index (Phi) is 8.58. The van der Waals surface area contributed by atoms with Crippen LogP contribution in [0.3, 0.4) is 0 Å². The lowest BCUT2D eigenvalue weighted by molar-refractivity contribution is 0.220. The normalized spacial score (nSPS) is 13.3. The van der Waals surface area contributed by atoms with E-state index < -0.39 is 10.0 Å². The summed E-state index contributed by atoms with van der Waals surface area (Å²) in [6.45, 7) is 8.29. The van der Waals surface area contributed by atoms with E-state index >= 15 is 0 Å². The Morgan fingerprint density at radius 1 is 1.13 bits per heavy atom. The summed E-state index contributed by atoms with van der Waals surface area (Å²) in [6.07, 6.45) is 1.56. The van der Waals surface area contributed by atoms with Crippen molar-refractivity contribution in [3.05, 3.63) is 29.8 Å². The molecule has 6 heteroatoms. The van der Waals surface area contributed by atoms with E-state index in [2.05, 4.69) is 23.5 Å². The van der Waals surface area contributed by atoms with Crippen LogP contribution in [0.4, 0.5) is 0 Å². The molecule has 132 valence electrons. The molecule has 0 aliphatic rings. The maximum Gasteiger partial charge on any atom is 0.211 e. The zero-order valence-electron chi connectivity index (χ0n) is 14.7. The van der Waals surface area contributed by atoms with Crippen LogP contribution < -0.4 is 9.46 Å². The second kappa shape index (κ2) is 9.90. The molecule has 0 saturated heterocycles. The first-order chi connectivity index (χ1) is 11.0. The van der Waals surface area contributed by atoms with E-state index in [1.165, 1.54) is 0 Å². The maximum absolute atomic E-state index is 12.1. The van der Waals surface area contributed by atoms with Crippen LogP contribution in [-0.4, -0.2) is 45.8 Å². The number of hydrogen-bond donors (Lipinski definition) is 1. The smallest absolute Gasteiger partial charge is 0.211 e. The molecule has 0 aliphatic heterocycles.